The monoisotopic (exact) mass is 491 g/mol. The molecule has 0 radical (unpaired) electrons. The summed E-state index contributed by atoms with van der Waals surface area (Å²) in [6.07, 6.45) is 3.59. The van der Waals surface area contributed by atoms with Crippen molar-refractivity contribution >= 4 is 40.3 Å². The SMILES string of the molecule is O=[N+]([O-])c1ccc(-n2cccc2[C@@H]2[C@H](c3ccccn3)NC(=S)N2c2cc(Cl)ccc2O)cc1. The van der Waals surface area contributed by atoms with E-state index < -0.39 is 11.0 Å². The fraction of sp³-hybridized carbons (Fsp3) is 0.0833. The molecular formula is C24H18ClN5O3S. The molecule has 2 N–H and O–H groups in total. The van der Waals surface area contributed by atoms with Gasteiger partial charge in [0.05, 0.1) is 22.3 Å². The van der Waals surface area contributed by atoms with Gasteiger partial charge in [0.25, 0.3) is 5.69 Å². The van der Waals surface area contributed by atoms with Crippen LogP contribution in [0.2, 0.25) is 5.02 Å². The van der Waals surface area contributed by atoms with Gasteiger partial charge in [-0.15, -0.1) is 0 Å². The van der Waals surface area contributed by atoms with Crippen LogP contribution in [0.1, 0.15) is 23.5 Å². The molecule has 34 heavy (non-hydrogen) atoms. The largest absolute Gasteiger partial charge is 0.506 e. The maximum absolute atomic E-state index is 11.1. The highest BCUT2D eigenvalue weighted by Crippen LogP contribution is 2.45. The summed E-state index contributed by atoms with van der Waals surface area (Å²) in [5.41, 5.74) is 2.84. The van der Waals surface area contributed by atoms with Crippen molar-refractivity contribution in [3.8, 4) is 11.4 Å². The molecule has 0 amide bonds. The molecule has 10 heteroatoms. The van der Waals surface area contributed by atoms with Crippen molar-refractivity contribution in [2.75, 3.05) is 4.90 Å². The smallest absolute Gasteiger partial charge is 0.269 e. The molecule has 0 bridgehead atoms. The average molecular weight is 492 g/mol. The van der Waals surface area contributed by atoms with E-state index in [1.165, 1.54) is 18.2 Å². The number of hydrogen-bond acceptors (Lipinski definition) is 5. The minimum absolute atomic E-state index is 0.0120. The predicted molar refractivity (Wildman–Crippen MR) is 133 cm³/mol. The first-order valence-electron chi connectivity index (χ1n) is 10.4. The Balaban J connectivity index is 1.67. The van der Waals surface area contributed by atoms with E-state index >= 15 is 0 Å². The van der Waals surface area contributed by atoms with Crippen molar-refractivity contribution < 1.29 is 10.0 Å². The molecule has 0 unspecified atom stereocenters. The Morgan fingerprint density at radius 1 is 1.09 bits per heavy atom. The predicted octanol–water partition coefficient (Wildman–Crippen LogP) is 5.32. The topological polar surface area (TPSA) is 96.5 Å². The van der Waals surface area contributed by atoms with Gasteiger partial charge in [-0.3, -0.25) is 15.1 Å². The number of phenolic OH excluding ortho intramolecular Hbond substituents is 1. The number of nitrogens with one attached hydrogen (secondary N) is 1. The zero-order chi connectivity index (χ0) is 23.8. The van der Waals surface area contributed by atoms with Crippen molar-refractivity contribution in [1.29, 1.82) is 0 Å². The number of benzene rings is 2. The summed E-state index contributed by atoms with van der Waals surface area (Å²) in [5.74, 6) is 0.0358. The molecule has 1 aliphatic heterocycles. The number of nitro benzene ring substituents is 1. The van der Waals surface area contributed by atoms with E-state index in [1.54, 1.807) is 30.5 Å². The lowest BCUT2D eigenvalue weighted by Gasteiger charge is -2.29. The molecule has 3 heterocycles. The third-order valence-corrected chi connectivity index (χ3v) is 6.27. The maximum Gasteiger partial charge on any atom is 0.269 e. The molecule has 0 saturated carbocycles. The van der Waals surface area contributed by atoms with Gasteiger partial charge in [-0.2, -0.15) is 0 Å². The Morgan fingerprint density at radius 3 is 2.59 bits per heavy atom. The molecular weight excluding hydrogens is 474 g/mol. The van der Waals surface area contributed by atoms with Crippen LogP contribution >= 0.6 is 23.8 Å². The van der Waals surface area contributed by atoms with Gasteiger partial charge in [0, 0.05) is 40.9 Å². The van der Waals surface area contributed by atoms with Gasteiger partial charge in [0.1, 0.15) is 11.8 Å². The zero-order valence-electron chi connectivity index (χ0n) is 17.6. The lowest BCUT2D eigenvalue weighted by atomic mass is 10.0. The van der Waals surface area contributed by atoms with E-state index in [9.17, 15) is 15.2 Å². The minimum atomic E-state index is -0.430. The van der Waals surface area contributed by atoms with Gasteiger partial charge < -0.3 is 19.9 Å². The number of thiocarbonyl (C=S) groups is 1. The van der Waals surface area contributed by atoms with Gasteiger partial charge >= 0.3 is 0 Å². The van der Waals surface area contributed by atoms with Crippen LogP contribution in [0.4, 0.5) is 11.4 Å². The van der Waals surface area contributed by atoms with Crippen molar-refractivity contribution in [2.45, 2.75) is 12.1 Å². The van der Waals surface area contributed by atoms with Crippen LogP contribution in [-0.4, -0.2) is 24.7 Å². The second-order valence-electron chi connectivity index (χ2n) is 7.71. The van der Waals surface area contributed by atoms with Crippen LogP contribution in [0, 0.1) is 10.1 Å². The van der Waals surface area contributed by atoms with E-state index in [4.69, 9.17) is 23.8 Å². The zero-order valence-corrected chi connectivity index (χ0v) is 19.1. The van der Waals surface area contributed by atoms with Crippen LogP contribution in [0.3, 0.4) is 0 Å². The Kier molecular flexibility index (Phi) is 5.64. The first kappa shape index (κ1) is 21.9. The van der Waals surface area contributed by atoms with Gasteiger partial charge in [-0.05, 0) is 66.8 Å². The average Bonchev–Trinajstić information content (AvgIpc) is 3.45. The van der Waals surface area contributed by atoms with Crippen LogP contribution < -0.4 is 10.2 Å². The fourth-order valence-electron chi connectivity index (χ4n) is 4.21. The number of rotatable bonds is 5. The second-order valence-corrected chi connectivity index (χ2v) is 8.53. The van der Waals surface area contributed by atoms with Crippen LogP contribution in [0.5, 0.6) is 5.75 Å². The number of nitrogens with zero attached hydrogens (tertiary/aromatic N) is 4. The summed E-state index contributed by atoms with van der Waals surface area (Å²) >= 11 is 12.0. The first-order chi connectivity index (χ1) is 16.4. The highest BCUT2D eigenvalue weighted by molar-refractivity contribution is 7.80. The first-order valence-corrected chi connectivity index (χ1v) is 11.1. The van der Waals surface area contributed by atoms with Gasteiger partial charge in [-0.25, -0.2) is 0 Å². The van der Waals surface area contributed by atoms with Gasteiger partial charge in [0.15, 0.2) is 5.11 Å². The number of anilines is 1. The van der Waals surface area contributed by atoms with E-state index in [2.05, 4.69) is 10.3 Å². The van der Waals surface area contributed by atoms with Crippen LogP contribution in [0.25, 0.3) is 5.69 Å². The Labute approximate surface area is 205 Å². The number of aromatic hydroxyl groups is 1. The molecule has 2 atom stereocenters. The molecule has 0 aliphatic carbocycles. The van der Waals surface area contributed by atoms with E-state index in [0.29, 0.717) is 15.8 Å². The summed E-state index contributed by atoms with van der Waals surface area (Å²) in [7, 11) is 0. The van der Waals surface area contributed by atoms with Gasteiger partial charge in [-0.1, -0.05) is 17.7 Å². The number of aromatic nitrogens is 2. The minimum Gasteiger partial charge on any atom is -0.506 e. The molecule has 2 aromatic carbocycles. The summed E-state index contributed by atoms with van der Waals surface area (Å²) in [4.78, 5) is 17.0. The number of non-ortho nitro benzene ring substituents is 1. The Bertz CT molecular complexity index is 1380. The number of nitro groups is 1. The molecule has 4 aromatic rings. The molecule has 8 nitrogen and oxygen atoms in total. The summed E-state index contributed by atoms with van der Waals surface area (Å²) in [5, 5.41) is 26.0. The maximum atomic E-state index is 11.1. The van der Waals surface area contributed by atoms with Crippen molar-refractivity contribution in [1.82, 2.24) is 14.9 Å². The molecule has 5 rings (SSSR count). The van der Waals surface area contributed by atoms with E-state index in [0.717, 1.165) is 17.1 Å². The van der Waals surface area contributed by atoms with Crippen LogP contribution in [0.15, 0.2) is 85.2 Å². The molecule has 1 aliphatic rings. The Hall–Kier alpha value is -3.95. The van der Waals surface area contributed by atoms with Crippen molar-refractivity contribution in [2.24, 2.45) is 0 Å². The molecule has 1 fully saturated rings. The normalized spacial score (nSPS) is 17.6. The second kappa shape index (κ2) is 8.77. The van der Waals surface area contributed by atoms with E-state index in [-0.39, 0.29) is 17.5 Å². The molecule has 170 valence electrons. The van der Waals surface area contributed by atoms with E-state index in [1.807, 2.05) is 46.0 Å². The quantitative estimate of drug-likeness (QED) is 0.221. The number of pyridine rings is 1. The van der Waals surface area contributed by atoms with Gasteiger partial charge in [0.2, 0.25) is 0 Å². The summed E-state index contributed by atoms with van der Waals surface area (Å²) < 4.78 is 1.94. The molecule has 1 saturated heterocycles. The molecule has 0 spiro atoms. The fourth-order valence-corrected chi connectivity index (χ4v) is 4.71. The van der Waals surface area contributed by atoms with Crippen molar-refractivity contribution in [3.63, 3.8) is 0 Å². The lowest BCUT2D eigenvalue weighted by Crippen LogP contribution is -2.30. The summed E-state index contributed by atoms with van der Waals surface area (Å²) in [6.45, 7) is 0. The molecule has 2 aromatic heterocycles. The van der Waals surface area contributed by atoms with Crippen molar-refractivity contribution in [3.05, 3.63) is 112 Å². The number of halogens is 1. The third-order valence-electron chi connectivity index (χ3n) is 5.72. The standard InChI is InChI=1S/C24H18ClN5O3S/c25-15-6-11-21(31)20(14-15)29-23(22(27-24(29)34)18-4-1-2-12-26-18)19-5-3-13-28(19)16-7-9-17(10-8-16)30(32)33/h1-14,22-23,31H,(H,27,34)/t22-,23+/m0/s1. The van der Waals surface area contributed by atoms with Crippen LogP contribution in [-0.2, 0) is 0 Å². The Morgan fingerprint density at radius 2 is 1.88 bits per heavy atom. The highest BCUT2D eigenvalue weighted by Gasteiger charge is 2.43. The number of phenols is 1. The summed E-state index contributed by atoms with van der Waals surface area (Å²) in [6, 6.07) is 19.9. The lowest BCUT2D eigenvalue weighted by molar-refractivity contribution is -0.384. The number of hydrogen-bond donors (Lipinski definition) is 2. The highest BCUT2D eigenvalue weighted by atomic mass is 35.5. The third kappa shape index (κ3) is 3.85.